The summed E-state index contributed by atoms with van der Waals surface area (Å²) in [6.45, 7) is 4.51. The van der Waals surface area contributed by atoms with Crippen LogP contribution in [0.15, 0.2) is 12.4 Å². The molecule has 16 heavy (non-hydrogen) atoms. The zero-order valence-corrected chi connectivity index (χ0v) is 9.93. The van der Waals surface area contributed by atoms with Crippen LogP contribution in [0.4, 0.5) is 0 Å². The summed E-state index contributed by atoms with van der Waals surface area (Å²) in [6.07, 6.45) is 3.64. The van der Waals surface area contributed by atoms with Crippen LogP contribution in [0.1, 0.15) is 25.0 Å². The van der Waals surface area contributed by atoms with Gasteiger partial charge in [0.15, 0.2) is 0 Å². The predicted molar refractivity (Wildman–Crippen MR) is 60.2 cm³/mol. The number of hydrogen-bond acceptors (Lipinski definition) is 4. The van der Waals surface area contributed by atoms with Gasteiger partial charge in [-0.25, -0.2) is 0 Å². The van der Waals surface area contributed by atoms with Crippen LogP contribution >= 0.6 is 0 Å². The molecule has 1 aromatic rings. The van der Waals surface area contributed by atoms with E-state index in [0.717, 1.165) is 12.1 Å². The molecule has 1 heterocycles. The van der Waals surface area contributed by atoms with E-state index in [-0.39, 0.29) is 0 Å². The van der Waals surface area contributed by atoms with Crippen molar-refractivity contribution in [2.24, 2.45) is 0 Å². The molecule has 0 aliphatic heterocycles. The Morgan fingerprint density at radius 1 is 1.44 bits per heavy atom. The molecular formula is C11H20N2O3. The molecule has 1 atom stereocenters. The Balaban J connectivity index is 2.21. The number of aryl methyl sites for hydroxylation is 1. The van der Waals surface area contributed by atoms with Crippen molar-refractivity contribution in [1.82, 2.24) is 9.78 Å². The molecule has 0 aliphatic rings. The second-order valence-corrected chi connectivity index (χ2v) is 3.54. The van der Waals surface area contributed by atoms with Crippen molar-refractivity contribution in [3.05, 3.63) is 18.0 Å². The molecule has 1 rings (SSSR count). The van der Waals surface area contributed by atoms with Crippen molar-refractivity contribution in [2.45, 2.75) is 26.0 Å². The topological polar surface area (TPSA) is 56.5 Å². The quantitative estimate of drug-likeness (QED) is 0.674. The molecule has 0 aliphatic carbocycles. The summed E-state index contributed by atoms with van der Waals surface area (Å²) in [7, 11) is 1.64. The maximum Gasteiger partial charge on any atom is 0.0842 e. The van der Waals surface area contributed by atoms with Gasteiger partial charge in [-0.2, -0.15) is 5.10 Å². The standard InChI is InChI=1S/C11H20N2O3/c1-3-13-9-10(8-12-13)11(14)4-5-16-7-6-15-2/h8-9,11,14H,3-7H2,1-2H3. The number of hydrogen-bond donors (Lipinski definition) is 1. The van der Waals surface area contributed by atoms with Crippen LogP contribution in [-0.2, 0) is 16.0 Å². The number of aromatic nitrogens is 2. The number of rotatable bonds is 8. The van der Waals surface area contributed by atoms with Gasteiger partial charge in [0, 0.05) is 38.4 Å². The molecule has 0 aromatic carbocycles. The Hall–Kier alpha value is -0.910. The zero-order chi connectivity index (χ0) is 11.8. The van der Waals surface area contributed by atoms with E-state index in [2.05, 4.69) is 5.10 Å². The van der Waals surface area contributed by atoms with Gasteiger partial charge in [0.1, 0.15) is 0 Å². The third-order valence-electron chi connectivity index (χ3n) is 2.33. The SMILES string of the molecule is CCn1cc(C(O)CCOCCOC)cn1. The number of aliphatic hydroxyl groups is 1. The van der Waals surface area contributed by atoms with Gasteiger partial charge in [-0.3, -0.25) is 4.68 Å². The fraction of sp³-hybridized carbons (Fsp3) is 0.727. The lowest BCUT2D eigenvalue weighted by Gasteiger charge is -2.08. The lowest BCUT2D eigenvalue weighted by molar-refractivity contribution is 0.0475. The monoisotopic (exact) mass is 228 g/mol. The Bertz CT molecular complexity index is 289. The van der Waals surface area contributed by atoms with Gasteiger partial charge in [0.2, 0.25) is 0 Å². The lowest BCUT2D eigenvalue weighted by Crippen LogP contribution is -2.06. The van der Waals surface area contributed by atoms with E-state index in [9.17, 15) is 5.11 Å². The molecule has 1 unspecified atom stereocenters. The van der Waals surface area contributed by atoms with Crippen molar-refractivity contribution in [1.29, 1.82) is 0 Å². The van der Waals surface area contributed by atoms with Gasteiger partial charge >= 0.3 is 0 Å². The highest BCUT2D eigenvalue weighted by Crippen LogP contribution is 2.15. The number of methoxy groups -OCH3 is 1. The Labute approximate surface area is 96.0 Å². The molecule has 0 spiro atoms. The van der Waals surface area contributed by atoms with E-state index in [0.29, 0.717) is 26.2 Å². The zero-order valence-electron chi connectivity index (χ0n) is 9.93. The number of nitrogens with zero attached hydrogens (tertiary/aromatic N) is 2. The molecule has 0 bridgehead atoms. The summed E-state index contributed by atoms with van der Waals surface area (Å²) in [6, 6.07) is 0. The lowest BCUT2D eigenvalue weighted by atomic mass is 10.1. The van der Waals surface area contributed by atoms with Crippen molar-refractivity contribution in [2.75, 3.05) is 26.9 Å². The van der Waals surface area contributed by atoms with Crippen LogP contribution in [0.25, 0.3) is 0 Å². The molecule has 0 radical (unpaired) electrons. The van der Waals surface area contributed by atoms with Gasteiger partial charge in [0.05, 0.1) is 25.5 Å². The van der Waals surface area contributed by atoms with Crippen LogP contribution in [0.3, 0.4) is 0 Å². The summed E-state index contributed by atoms with van der Waals surface area (Å²) < 4.78 is 11.9. The van der Waals surface area contributed by atoms with Gasteiger partial charge < -0.3 is 14.6 Å². The highest BCUT2D eigenvalue weighted by Gasteiger charge is 2.09. The van der Waals surface area contributed by atoms with Gasteiger partial charge in [0.25, 0.3) is 0 Å². The van der Waals surface area contributed by atoms with E-state index in [1.807, 2.05) is 13.1 Å². The predicted octanol–water partition coefficient (Wildman–Crippen LogP) is 0.989. The number of ether oxygens (including phenoxy) is 2. The summed E-state index contributed by atoms with van der Waals surface area (Å²) in [5, 5.41) is 13.9. The van der Waals surface area contributed by atoms with Crippen LogP contribution < -0.4 is 0 Å². The molecule has 0 fully saturated rings. The van der Waals surface area contributed by atoms with Crippen LogP contribution in [-0.4, -0.2) is 41.8 Å². The summed E-state index contributed by atoms with van der Waals surface area (Å²) >= 11 is 0. The minimum atomic E-state index is -0.497. The van der Waals surface area contributed by atoms with Gasteiger partial charge in [-0.15, -0.1) is 0 Å². The molecule has 5 heteroatoms. The third-order valence-corrected chi connectivity index (χ3v) is 2.33. The summed E-state index contributed by atoms with van der Waals surface area (Å²) in [5.74, 6) is 0. The maximum atomic E-state index is 9.82. The second-order valence-electron chi connectivity index (χ2n) is 3.54. The van der Waals surface area contributed by atoms with E-state index in [1.54, 1.807) is 18.0 Å². The van der Waals surface area contributed by atoms with Gasteiger partial charge in [-0.05, 0) is 6.92 Å². The molecule has 1 N–H and O–H groups in total. The van der Waals surface area contributed by atoms with Crippen LogP contribution in [0.5, 0.6) is 0 Å². The highest BCUT2D eigenvalue weighted by atomic mass is 16.5. The minimum absolute atomic E-state index is 0.497. The first-order chi connectivity index (χ1) is 7.77. The Morgan fingerprint density at radius 2 is 2.25 bits per heavy atom. The van der Waals surface area contributed by atoms with Crippen molar-refractivity contribution < 1.29 is 14.6 Å². The Kier molecular flexibility index (Phi) is 6.07. The van der Waals surface area contributed by atoms with Crippen LogP contribution in [0, 0.1) is 0 Å². The van der Waals surface area contributed by atoms with Crippen molar-refractivity contribution in [3.8, 4) is 0 Å². The maximum absolute atomic E-state index is 9.82. The third kappa shape index (κ3) is 4.30. The normalized spacial score (nSPS) is 12.9. The van der Waals surface area contributed by atoms with Gasteiger partial charge in [-0.1, -0.05) is 0 Å². The average molecular weight is 228 g/mol. The van der Waals surface area contributed by atoms with E-state index in [4.69, 9.17) is 9.47 Å². The number of aliphatic hydroxyl groups excluding tert-OH is 1. The smallest absolute Gasteiger partial charge is 0.0842 e. The molecule has 0 amide bonds. The fourth-order valence-electron chi connectivity index (χ4n) is 1.33. The molecule has 0 saturated carbocycles. The largest absolute Gasteiger partial charge is 0.388 e. The van der Waals surface area contributed by atoms with E-state index < -0.39 is 6.10 Å². The first-order valence-electron chi connectivity index (χ1n) is 5.55. The molecule has 5 nitrogen and oxygen atoms in total. The molecule has 0 saturated heterocycles. The molecule has 92 valence electrons. The Morgan fingerprint density at radius 3 is 2.88 bits per heavy atom. The highest BCUT2D eigenvalue weighted by molar-refractivity contribution is 5.07. The first kappa shape index (κ1) is 13.2. The van der Waals surface area contributed by atoms with E-state index >= 15 is 0 Å². The second kappa shape index (κ2) is 7.38. The molecular weight excluding hydrogens is 208 g/mol. The minimum Gasteiger partial charge on any atom is -0.388 e. The van der Waals surface area contributed by atoms with Crippen LogP contribution in [0.2, 0.25) is 0 Å². The molecule has 1 aromatic heterocycles. The van der Waals surface area contributed by atoms with Crippen molar-refractivity contribution >= 4 is 0 Å². The average Bonchev–Trinajstić information content (AvgIpc) is 2.77. The summed E-state index contributed by atoms with van der Waals surface area (Å²) in [4.78, 5) is 0. The van der Waals surface area contributed by atoms with E-state index in [1.165, 1.54) is 0 Å². The van der Waals surface area contributed by atoms with Crippen molar-refractivity contribution in [3.63, 3.8) is 0 Å². The summed E-state index contributed by atoms with van der Waals surface area (Å²) in [5.41, 5.74) is 0.845. The fourth-order valence-corrected chi connectivity index (χ4v) is 1.33. The first-order valence-corrected chi connectivity index (χ1v) is 5.55.